The normalized spacial score (nSPS) is 14.0. The molecule has 0 N–H and O–H groups in total. The van der Waals surface area contributed by atoms with Gasteiger partial charge in [-0.3, -0.25) is 0 Å². The van der Waals surface area contributed by atoms with Crippen molar-refractivity contribution in [2.24, 2.45) is 0 Å². The van der Waals surface area contributed by atoms with Crippen LogP contribution in [0.4, 0.5) is 0 Å². The van der Waals surface area contributed by atoms with Crippen LogP contribution in [0.2, 0.25) is 0 Å². The molecule has 0 saturated carbocycles. The van der Waals surface area contributed by atoms with Gasteiger partial charge in [0.25, 0.3) is 0 Å². The number of hydrogen-bond acceptors (Lipinski definition) is 1. The minimum Gasteiger partial charge on any atom is -0.309 e. The summed E-state index contributed by atoms with van der Waals surface area (Å²) in [4.78, 5) is 0. The summed E-state index contributed by atoms with van der Waals surface area (Å²) < 4.78 is 5.30. The molecule has 248 valence electrons. The van der Waals surface area contributed by atoms with Gasteiger partial charge in [-0.15, -0.1) is 11.3 Å². The van der Waals surface area contributed by atoms with Gasteiger partial charge in [-0.25, -0.2) is 0 Å². The molecular weight excluding hydrogens is 659 g/mol. The molecule has 53 heavy (non-hydrogen) atoms. The van der Waals surface area contributed by atoms with E-state index in [9.17, 15) is 0 Å². The van der Waals surface area contributed by atoms with E-state index in [1.165, 1.54) is 114 Å². The van der Waals surface area contributed by atoms with E-state index in [0.29, 0.717) is 0 Å². The zero-order valence-corrected chi connectivity index (χ0v) is 29.9. The molecule has 0 radical (unpaired) electrons. The summed E-state index contributed by atoms with van der Waals surface area (Å²) in [6, 6.07) is 56.8. The Morgan fingerprint density at radius 1 is 0.547 bits per heavy atom. The first-order chi connectivity index (χ1) is 26.3. The second-order valence-electron chi connectivity index (χ2n) is 14.7. The zero-order chi connectivity index (χ0) is 34.6. The molecule has 0 unspecified atom stereocenters. The lowest BCUT2D eigenvalue weighted by Crippen LogP contribution is -2.00. The molecule has 12 rings (SSSR count). The van der Waals surface area contributed by atoms with Crippen LogP contribution in [0.1, 0.15) is 24.0 Å². The lowest BCUT2D eigenvalue weighted by atomic mass is 9.89. The van der Waals surface area contributed by atoms with Gasteiger partial charge >= 0.3 is 0 Å². The third kappa shape index (κ3) is 4.24. The number of allylic oxidation sites excluding steroid dienone is 4. The Morgan fingerprint density at radius 3 is 2.15 bits per heavy atom. The van der Waals surface area contributed by atoms with Crippen molar-refractivity contribution >= 4 is 80.4 Å². The van der Waals surface area contributed by atoms with Crippen LogP contribution in [-0.4, -0.2) is 4.57 Å². The molecule has 0 spiro atoms. The van der Waals surface area contributed by atoms with E-state index in [1.807, 2.05) is 11.3 Å². The Bertz CT molecular complexity index is 3240. The van der Waals surface area contributed by atoms with Gasteiger partial charge < -0.3 is 4.57 Å². The molecule has 2 aliphatic rings. The Hall–Kier alpha value is -6.22. The monoisotopic (exact) mass is 691 g/mol. The third-order valence-electron chi connectivity index (χ3n) is 11.8. The second kappa shape index (κ2) is 11.1. The van der Waals surface area contributed by atoms with Crippen LogP contribution < -0.4 is 0 Å². The maximum Gasteiger partial charge on any atom is 0.0640 e. The number of hydrogen-bond donors (Lipinski definition) is 0. The van der Waals surface area contributed by atoms with Crippen LogP contribution in [0.5, 0.6) is 0 Å². The molecule has 0 aliphatic heterocycles. The van der Waals surface area contributed by atoms with Gasteiger partial charge in [-0.2, -0.15) is 0 Å². The Kier molecular flexibility index (Phi) is 6.17. The van der Waals surface area contributed by atoms with E-state index in [1.54, 1.807) is 0 Å². The molecular formula is C51H33NS. The van der Waals surface area contributed by atoms with E-state index in [4.69, 9.17) is 0 Å². The quantitative estimate of drug-likeness (QED) is 0.174. The maximum absolute atomic E-state index is 2.60. The lowest BCUT2D eigenvalue weighted by molar-refractivity contribution is 1.04. The molecule has 2 heterocycles. The average Bonchev–Trinajstić information content (AvgIpc) is 3.90. The fraction of sp³-hybridized carbons (Fsp3) is 0.0588. The highest BCUT2D eigenvalue weighted by molar-refractivity contribution is 7.27. The predicted octanol–water partition coefficient (Wildman–Crippen LogP) is 14.5. The first-order valence-electron chi connectivity index (χ1n) is 18.7. The van der Waals surface area contributed by atoms with Crippen LogP contribution in [0.15, 0.2) is 169 Å². The molecule has 2 aromatic heterocycles. The number of para-hydroxylation sites is 1. The minimum atomic E-state index is 0.980. The fourth-order valence-corrected chi connectivity index (χ4v) is 10.7. The van der Waals surface area contributed by atoms with E-state index < -0.39 is 0 Å². The van der Waals surface area contributed by atoms with Gasteiger partial charge in [0, 0.05) is 42.0 Å². The topological polar surface area (TPSA) is 4.93 Å². The Morgan fingerprint density at radius 2 is 1.26 bits per heavy atom. The smallest absolute Gasteiger partial charge is 0.0640 e. The molecule has 0 bridgehead atoms. The first-order valence-corrected chi connectivity index (χ1v) is 19.5. The van der Waals surface area contributed by atoms with Crippen LogP contribution in [-0.2, 0) is 6.42 Å². The minimum absolute atomic E-state index is 0.980. The van der Waals surface area contributed by atoms with Crippen molar-refractivity contribution in [1.29, 1.82) is 0 Å². The molecule has 1 nitrogen and oxygen atoms in total. The molecule has 2 aliphatic carbocycles. The molecule has 0 fully saturated rings. The fourth-order valence-electron chi connectivity index (χ4n) is 9.51. The highest BCUT2D eigenvalue weighted by atomic mass is 32.1. The summed E-state index contributed by atoms with van der Waals surface area (Å²) in [7, 11) is 0. The van der Waals surface area contributed by atoms with Crippen LogP contribution in [0.25, 0.3) is 97.0 Å². The van der Waals surface area contributed by atoms with Crippen molar-refractivity contribution in [3.8, 4) is 27.9 Å². The van der Waals surface area contributed by atoms with Crippen LogP contribution >= 0.6 is 11.3 Å². The van der Waals surface area contributed by atoms with E-state index in [0.717, 1.165) is 19.3 Å². The molecule has 10 aromatic rings. The number of nitrogens with zero attached hydrogens (tertiary/aromatic N) is 1. The van der Waals surface area contributed by atoms with E-state index in [2.05, 4.69) is 168 Å². The highest BCUT2D eigenvalue weighted by Crippen LogP contribution is 2.50. The van der Waals surface area contributed by atoms with E-state index >= 15 is 0 Å². The van der Waals surface area contributed by atoms with Crippen molar-refractivity contribution in [2.75, 3.05) is 0 Å². The largest absolute Gasteiger partial charge is 0.309 e. The molecule has 0 amide bonds. The number of benzene rings is 8. The van der Waals surface area contributed by atoms with Crippen molar-refractivity contribution in [3.05, 3.63) is 181 Å². The van der Waals surface area contributed by atoms with Crippen molar-refractivity contribution in [1.82, 2.24) is 4.57 Å². The highest BCUT2D eigenvalue weighted by Gasteiger charge is 2.28. The van der Waals surface area contributed by atoms with Gasteiger partial charge in [0.1, 0.15) is 0 Å². The lowest BCUT2D eigenvalue weighted by Gasteiger charge is -2.18. The number of rotatable bonds is 3. The standard InChI is InChI=1S/C51H33NS/c1-2-12-34-27-35(26-23-31(34)11-1)32-21-24-33(25-22-32)44-30-38(29-37-28-36-13-3-4-14-39(36)47(37)44)52-45-19-9-7-17-42(45)48-40-15-5-6-16-41(40)51-49(50(48)52)43-18-8-10-20-46(43)53-51/h1-3,5-13,15-27,29-30H,4,14,28H2. The average molecular weight is 692 g/mol. The van der Waals surface area contributed by atoms with Gasteiger partial charge in [-0.05, 0) is 110 Å². The zero-order valence-electron chi connectivity index (χ0n) is 29.1. The van der Waals surface area contributed by atoms with Gasteiger partial charge in [-0.1, -0.05) is 133 Å². The van der Waals surface area contributed by atoms with Crippen molar-refractivity contribution in [3.63, 3.8) is 0 Å². The summed E-state index contributed by atoms with van der Waals surface area (Å²) >= 11 is 1.93. The molecule has 0 atom stereocenters. The van der Waals surface area contributed by atoms with Crippen molar-refractivity contribution in [2.45, 2.75) is 19.3 Å². The summed E-state index contributed by atoms with van der Waals surface area (Å²) in [6.45, 7) is 0. The molecule has 8 aromatic carbocycles. The van der Waals surface area contributed by atoms with Gasteiger partial charge in [0.05, 0.1) is 11.0 Å². The number of aromatic nitrogens is 1. The Labute approximate surface area is 311 Å². The summed E-state index contributed by atoms with van der Waals surface area (Å²) in [5.41, 5.74) is 14.8. The number of fused-ring (bicyclic) bond motifs is 13. The Balaban J connectivity index is 1.15. The van der Waals surface area contributed by atoms with E-state index in [-0.39, 0.29) is 0 Å². The molecule has 2 heteroatoms. The SMILES string of the molecule is C1=CC2=C(CC1)c1c(cc(-n3c4ccccc4c4c5ccccc5c5sc6ccccc6c5c43)cc1-c1ccc(-c3ccc4ccccc4c3)cc1)C2. The van der Waals surface area contributed by atoms with Crippen LogP contribution in [0, 0.1) is 0 Å². The first kappa shape index (κ1) is 29.4. The van der Waals surface area contributed by atoms with Crippen molar-refractivity contribution < 1.29 is 0 Å². The third-order valence-corrected chi connectivity index (χ3v) is 13.0. The number of thiophene rings is 1. The summed E-state index contributed by atoms with van der Waals surface area (Å²) in [6.07, 6.45) is 7.93. The van der Waals surface area contributed by atoms with Gasteiger partial charge in [0.15, 0.2) is 0 Å². The second-order valence-corrected chi connectivity index (χ2v) is 15.8. The molecule has 0 saturated heterocycles. The summed E-state index contributed by atoms with van der Waals surface area (Å²) in [5.74, 6) is 0. The predicted molar refractivity (Wildman–Crippen MR) is 229 cm³/mol. The van der Waals surface area contributed by atoms with Gasteiger partial charge in [0.2, 0.25) is 0 Å². The van der Waals surface area contributed by atoms with Crippen LogP contribution in [0.3, 0.4) is 0 Å². The summed E-state index contributed by atoms with van der Waals surface area (Å²) in [5, 5.41) is 10.5. The maximum atomic E-state index is 2.60.